The van der Waals surface area contributed by atoms with Crippen LogP contribution in [-0.2, 0) is 35.0 Å². The Bertz CT molecular complexity index is 793. The third-order valence-corrected chi connectivity index (χ3v) is 5.33. The highest BCUT2D eigenvalue weighted by Gasteiger charge is 2.27. The highest BCUT2D eigenvalue weighted by molar-refractivity contribution is 5.73. The molecule has 2 unspecified atom stereocenters. The standard InChI is InChI=1S/C26H36O6/c1-5-8-9-10-20-11-13-21(14-12-20)23-15-22(31-17-25(27)29-6-2)16-24(19(23)4)32-18-26(28)30-7-3/h11-16,19,24H,5-10,17-18H2,1-4H3. The monoisotopic (exact) mass is 444 g/mol. The SMILES string of the molecule is CCCCCc1ccc(C2=CC(OCC(=O)OCC)=CC(OCC(=O)OCC)C2C)cc1. The quantitative estimate of drug-likeness (QED) is 0.319. The second kappa shape index (κ2) is 13.7. The van der Waals surface area contributed by atoms with Gasteiger partial charge < -0.3 is 18.9 Å². The van der Waals surface area contributed by atoms with E-state index in [1.807, 2.05) is 6.08 Å². The van der Waals surface area contributed by atoms with E-state index < -0.39 is 11.9 Å². The first kappa shape index (κ1) is 25.7. The Morgan fingerprint density at radius 3 is 2.19 bits per heavy atom. The molecule has 6 heteroatoms. The minimum Gasteiger partial charge on any atom is -0.482 e. The van der Waals surface area contributed by atoms with Gasteiger partial charge in [0.2, 0.25) is 0 Å². The molecule has 1 aliphatic rings. The maximum atomic E-state index is 11.8. The second-order valence-corrected chi connectivity index (χ2v) is 7.79. The van der Waals surface area contributed by atoms with Gasteiger partial charge in [0.1, 0.15) is 12.4 Å². The van der Waals surface area contributed by atoms with Crippen molar-refractivity contribution >= 4 is 17.5 Å². The Balaban J connectivity index is 2.17. The Morgan fingerprint density at radius 1 is 0.906 bits per heavy atom. The number of carbonyl (C=O) groups is 2. The van der Waals surface area contributed by atoms with E-state index in [2.05, 4.69) is 38.1 Å². The van der Waals surface area contributed by atoms with E-state index in [0.717, 1.165) is 17.6 Å². The second-order valence-electron chi connectivity index (χ2n) is 7.79. The predicted octanol–water partition coefficient (Wildman–Crippen LogP) is 4.86. The maximum absolute atomic E-state index is 11.8. The Labute approximate surface area is 191 Å². The summed E-state index contributed by atoms with van der Waals surface area (Å²) >= 11 is 0. The molecule has 0 saturated heterocycles. The number of allylic oxidation sites excluding steroid dienone is 1. The summed E-state index contributed by atoms with van der Waals surface area (Å²) in [5, 5.41) is 0. The lowest BCUT2D eigenvalue weighted by molar-refractivity contribution is -0.150. The van der Waals surface area contributed by atoms with E-state index in [-0.39, 0.29) is 25.2 Å². The molecule has 0 aliphatic heterocycles. The van der Waals surface area contributed by atoms with E-state index in [1.54, 1.807) is 19.9 Å². The summed E-state index contributed by atoms with van der Waals surface area (Å²) in [5.74, 6) is -0.325. The van der Waals surface area contributed by atoms with Gasteiger partial charge in [-0.2, -0.15) is 0 Å². The van der Waals surface area contributed by atoms with Crippen molar-refractivity contribution in [2.24, 2.45) is 5.92 Å². The molecule has 0 spiro atoms. The molecule has 0 aromatic heterocycles. The van der Waals surface area contributed by atoms with Gasteiger partial charge in [-0.25, -0.2) is 9.59 Å². The van der Waals surface area contributed by atoms with Gasteiger partial charge in [-0.3, -0.25) is 0 Å². The van der Waals surface area contributed by atoms with Crippen LogP contribution in [0.15, 0.2) is 42.2 Å². The van der Waals surface area contributed by atoms with Crippen LogP contribution in [0.4, 0.5) is 0 Å². The van der Waals surface area contributed by atoms with Crippen molar-refractivity contribution in [3.8, 4) is 0 Å². The number of carbonyl (C=O) groups excluding carboxylic acids is 2. The number of aryl methyl sites for hydroxylation is 1. The Morgan fingerprint density at radius 2 is 1.56 bits per heavy atom. The van der Waals surface area contributed by atoms with Crippen LogP contribution in [0.3, 0.4) is 0 Å². The number of rotatable bonds is 13. The Hall–Kier alpha value is -2.60. The average molecular weight is 445 g/mol. The van der Waals surface area contributed by atoms with Crippen molar-refractivity contribution < 1.29 is 28.5 Å². The molecule has 1 aromatic carbocycles. The van der Waals surface area contributed by atoms with Gasteiger partial charge in [-0.15, -0.1) is 0 Å². The lowest BCUT2D eigenvalue weighted by Gasteiger charge is -2.29. The predicted molar refractivity (Wildman–Crippen MR) is 124 cm³/mol. The summed E-state index contributed by atoms with van der Waals surface area (Å²) in [6.45, 7) is 8.05. The molecule has 0 saturated carbocycles. The van der Waals surface area contributed by atoms with E-state index in [9.17, 15) is 9.59 Å². The van der Waals surface area contributed by atoms with Gasteiger partial charge in [-0.05, 0) is 55.5 Å². The molecule has 176 valence electrons. The van der Waals surface area contributed by atoms with Crippen LogP contribution in [0, 0.1) is 5.92 Å². The Kier molecular flexibility index (Phi) is 11.0. The molecule has 32 heavy (non-hydrogen) atoms. The van der Waals surface area contributed by atoms with E-state index in [4.69, 9.17) is 18.9 Å². The van der Waals surface area contributed by atoms with Crippen LogP contribution in [0.1, 0.15) is 58.1 Å². The summed E-state index contributed by atoms with van der Waals surface area (Å²) in [7, 11) is 0. The molecule has 0 bridgehead atoms. The lowest BCUT2D eigenvalue weighted by Crippen LogP contribution is -2.28. The fourth-order valence-electron chi connectivity index (χ4n) is 3.60. The highest BCUT2D eigenvalue weighted by atomic mass is 16.6. The molecular formula is C26H36O6. The average Bonchev–Trinajstić information content (AvgIpc) is 2.78. The van der Waals surface area contributed by atoms with Crippen molar-refractivity contribution in [2.45, 2.75) is 59.5 Å². The van der Waals surface area contributed by atoms with Crippen LogP contribution in [0.25, 0.3) is 5.57 Å². The molecular weight excluding hydrogens is 408 g/mol. The molecule has 1 aliphatic carbocycles. The molecule has 0 N–H and O–H groups in total. The first-order chi connectivity index (χ1) is 15.5. The molecule has 0 heterocycles. The minimum atomic E-state index is -0.428. The van der Waals surface area contributed by atoms with Crippen LogP contribution in [-0.4, -0.2) is 44.5 Å². The minimum absolute atomic E-state index is 0.00897. The molecule has 0 radical (unpaired) electrons. The van der Waals surface area contributed by atoms with Crippen LogP contribution in [0.2, 0.25) is 0 Å². The molecule has 6 nitrogen and oxygen atoms in total. The van der Waals surface area contributed by atoms with Crippen molar-refractivity contribution in [2.75, 3.05) is 26.4 Å². The summed E-state index contributed by atoms with van der Waals surface area (Å²) in [5.41, 5.74) is 3.41. The maximum Gasteiger partial charge on any atom is 0.344 e. The number of benzene rings is 1. The first-order valence-electron chi connectivity index (χ1n) is 11.6. The zero-order valence-electron chi connectivity index (χ0n) is 19.7. The molecule has 0 amide bonds. The topological polar surface area (TPSA) is 71.1 Å². The van der Waals surface area contributed by atoms with E-state index in [1.165, 1.54) is 24.8 Å². The normalized spacial score (nSPS) is 17.9. The van der Waals surface area contributed by atoms with Gasteiger partial charge in [0, 0.05) is 5.92 Å². The van der Waals surface area contributed by atoms with Gasteiger partial charge in [0.25, 0.3) is 0 Å². The zero-order valence-corrected chi connectivity index (χ0v) is 19.7. The highest BCUT2D eigenvalue weighted by Crippen LogP contribution is 2.34. The number of esters is 2. The molecule has 2 atom stereocenters. The van der Waals surface area contributed by atoms with Gasteiger partial charge >= 0.3 is 11.9 Å². The smallest absolute Gasteiger partial charge is 0.344 e. The number of hydrogen-bond acceptors (Lipinski definition) is 6. The van der Waals surface area contributed by atoms with E-state index in [0.29, 0.717) is 19.0 Å². The molecule has 1 aromatic rings. The van der Waals surface area contributed by atoms with Gasteiger partial charge in [0.15, 0.2) is 6.61 Å². The summed E-state index contributed by atoms with van der Waals surface area (Å²) < 4.78 is 21.5. The first-order valence-corrected chi connectivity index (χ1v) is 11.6. The largest absolute Gasteiger partial charge is 0.482 e. The fraction of sp³-hybridized carbons (Fsp3) is 0.538. The third kappa shape index (κ3) is 8.15. The van der Waals surface area contributed by atoms with Crippen molar-refractivity contribution in [1.82, 2.24) is 0 Å². The fourth-order valence-corrected chi connectivity index (χ4v) is 3.60. The van der Waals surface area contributed by atoms with Gasteiger partial charge in [-0.1, -0.05) is 51.0 Å². The third-order valence-electron chi connectivity index (χ3n) is 5.33. The number of ether oxygens (including phenoxy) is 4. The number of unbranched alkanes of at least 4 members (excludes halogenated alkanes) is 2. The summed E-state index contributed by atoms with van der Waals surface area (Å²) in [6, 6.07) is 8.54. The van der Waals surface area contributed by atoms with Crippen LogP contribution in [0.5, 0.6) is 0 Å². The molecule has 0 fully saturated rings. The van der Waals surface area contributed by atoms with Crippen molar-refractivity contribution in [3.63, 3.8) is 0 Å². The lowest BCUT2D eigenvalue weighted by atomic mass is 9.85. The number of hydrogen-bond donors (Lipinski definition) is 0. The van der Waals surface area contributed by atoms with E-state index >= 15 is 0 Å². The molecule has 2 rings (SSSR count). The van der Waals surface area contributed by atoms with Crippen molar-refractivity contribution in [1.29, 1.82) is 0 Å². The van der Waals surface area contributed by atoms with Gasteiger partial charge in [0.05, 0.1) is 19.3 Å². The summed E-state index contributed by atoms with van der Waals surface area (Å²) in [4.78, 5) is 23.5. The van der Waals surface area contributed by atoms with Crippen LogP contribution >= 0.6 is 0 Å². The van der Waals surface area contributed by atoms with Crippen molar-refractivity contribution in [3.05, 3.63) is 53.3 Å². The summed E-state index contributed by atoms with van der Waals surface area (Å²) in [6.07, 6.45) is 8.04. The van der Waals surface area contributed by atoms with Crippen LogP contribution < -0.4 is 0 Å². The zero-order chi connectivity index (χ0) is 23.3.